The first-order valence-electron chi connectivity index (χ1n) is 10.0. The van der Waals surface area contributed by atoms with Crippen LogP contribution in [-0.2, 0) is 6.54 Å². The Balaban J connectivity index is 1.38. The minimum Gasteiger partial charge on any atom is -0.354 e. The number of amides is 1. The second-order valence-corrected chi connectivity index (χ2v) is 9.46. The molecule has 0 saturated carbocycles. The third-order valence-electron chi connectivity index (χ3n) is 5.49. The van der Waals surface area contributed by atoms with E-state index in [4.69, 9.17) is 0 Å². The van der Waals surface area contributed by atoms with Crippen molar-refractivity contribution in [2.75, 3.05) is 25.5 Å². The molecule has 4 aromatic rings. The summed E-state index contributed by atoms with van der Waals surface area (Å²) >= 11 is 3.27. The normalized spacial score (nSPS) is 15.7. The van der Waals surface area contributed by atoms with E-state index in [0.29, 0.717) is 18.7 Å². The predicted molar refractivity (Wildman–Crippen MR) is 125 cm³/mol. The lowest BCUT2D eigenvalue weighted by molar-refractivity contribution is 0.0638. The number of carbonyl (C=O) groups is 1. The van der Waals surface area contributed by atoms with Crippen LogP contribution in [0.15, 0.2) is 47.2 Å². The van der Waals surface area contributed by atoms with Crippen LogP contribution in [0.5, 0.6) is 0 Å². The molecule has 0 N–H and O–H groups in total. The fraction of sp³-hybridized carbons (Fsp3) is 0.273. The molecule has 3 aromatic heterocycles. The molecule has 0 saturated heterocycles. The first kappa shape index (κ1) is 19.9. The Morgan fingerprint density at radius 1 is 1.10 bits per heavy atom. The molecule has 7 nitrogen and oxygen atoms in total. The lowest BCUT2D eigenvalue weighted by Gasteiger charge is -2.33. The molecule has 1 aromatic carbocycles. The van der Waals surface area contributed by atoms with Gasteiger partial charge < -0.3 is 14.4 Å². The van der Waals surface area contributed by atoms with Crippen LogP contribution in [-0.4, -0.2) is 51.2 Å². The van der Waals surface area contributed by atoms with Gasteiger partial charge in [0.1, 0.15) is 5.69 Å². The lowest BCUT2D eigenvalue weighted by atomic mass is 10.1. The highest BCUT2D eigenvalue weighted by atomic mass is 32.1. The second-order valence-electron chi connectivity index (χ2n) is 7.67. The summed E-state index contributed by atoms with van der Waals surface area (Å²) in [7, 11) is 3.95. The fourth-order valence-corrected chi connectivity index (χ4v) is 5.28. The highest BCUT2D eigenvalue weighted by Gasteiger charge is 2.32. The van der Waals surface area contributed by atoms with Crippen LogP contribution in [0.2, 0.25) is 0 Å². The predicted octanol–water partition coefficient (Wildman–Crippen LogP) is 4.41. The number of carbonyl (C=O) groups excluding carboxylic acids is 1. The number of benzene rings is 1. The number of aromatic nitrogens is 4. The summed E-state index contributed by atoms with van der Waals surface area (Å²) in [6.07, 6.45) is 0. The molecular formula is C22H22N6OS2. The number of anilines is 1. The van der Waals surface area contributed by atoms with Gasteiger partial charge in [-0.05, 0) is 36.1 Å². The van der Waals surface area contributed by atoms with Gasteiger partial charge in [-0.15, -0.1) is 32.9 Å². The second kappa shape index (κ2) is 7.90. The number of rotatable bonds is 4. The van der Waals surface area contributed by atoms with E-state index in [1.165, 1.54) is 4.88 Å². The number of fused-ring (bicyclic) bond motifs is 1. The molecule has 5 rings (SSSR count). The number of hydrogen-bond donors (Lipinski definition) is 0. The quantitative estimate of drug-likeness (QED) is 0.461. The van der Waals surface area contributed by atoms with Crippen molar-refractivity contribution >= 4 is 33.7 Å². The summed E-state index contributed by atoms with van der Waals surface area (Å²) in [6.45, 7) is 3.26. The average molecular weight is 451 g/mol. The molecule has 31 heavy (non-hydrogen) atoms. The molecule has 1 aliphatic heterocycles. The minimum atomic E-state index is -0.161. The Morgan fingerprint density at radius 3 is 2.58 bits per heavy atom. The monoisotopic (exact) mass is 450 g/mol. The number of thiazole rings is 1. The highest BCUT2D eigenvalue weighted by Crippen LogP contribution is 2.32. The zero-order valence-electron chi connectivity index (χ0n) is 17.5. The van der Waals surface area contributed by atoms with Crippen molar-refractivity contribution < 1.29 is 4.79 Å². The van der Waals surface area contributed by atoms with Crippen molar-refractivity contribution in [3.63, 3.8) is 0 Å². The SMILES string of the molecule is CC1c2nnc(-c3csc(N(C)C)n3)n2CCN1C(=O)c1ccc(-c2cccs2)cc1. The maximum atomic E-state index is 13.2. The lowest BCUT2D eigenvalue weighted by Crippen LogP contribution is -2.41. The Bertz CT molecular complexity index is 1210. The van der Waals surface area contributed by atoms with E-state index in [2.05, 4.69) is 31.2 Å². The summed E-state index contributed by atoms with van der Waals surface area (Å²) < 4.78 is 2.09. The van der Waals surface area contributed by atoms with Crippen molar-refractivity contribution in [2.24, 2.45) is 0 Å². The largest absolute Gasteiger partial charge is 0.354 e. The van der Waals surface area contributed by atoms with Crippen LogP contribution >= 0.6 is 22.7 Å². The summed E-state index contributed by atoms with van der Waals surface area (Å²) in [4.78, 5) is 22.9. The Labute approximate surface area is 188 Å². The van der Waals surface area contributed by atoms with Gasteiger partial charge in [-0.2, -0.15) is 0 Å². The minimum absolute atomic E-state index is 0.0181. The molecule has 1 unspecified atom stereocenters. The molecule has 0 spiro atoms. The standard InChI is InChI=1S/C22H22N6OS2/c1-14-19-24-25-20(17-13-31-22(23-17)26(2)3)28(19)11-10-27(14)21(29)16-8-6-15(7-9-16)18-5-4-12-30-18/h4-9,12-14H,10-11H2,1-3H3. The number of thiophene rings is 1. The average Bonchev–Trinajstić information content (AvgIpc) is 3.54. The Morgan fingerprint density at radius 2 is 1.90 bits per heavy atom. The molecule has 1 amide bonds. The van der Waals surface area contributed by atoms with Crippen LogP contribution in [0, 0.1) is 0 Å². The summed E-state index contributed by atoms with van der Waals surface area (Å²) in [5.41, 5.74) is 2.64. The van der Waals surface area contributed by atoms with Crippen molar-refractivity contribution in [1.29, 1.82) is 0 Å². The maximum Gasteiger partial charge on any atom is 0.254 e. The van der Waals surface area contributed by atoms with Gasteiger partial charge in [0.2, 0.25) is 0 Å². The first-order chi connectivity index (χ1) is 15.0. The first-order valence-corrected chi connectivity index (χ1v) is 11.8. The van der Waals surface area contributed by atoms with Gasteiger partial charge in [0.05, 0.1) is 6.04 Å². The Hall–Kier alpha value is -3.04. The molecular weight excluding hydrogens is 428 g/mol. The van der Waals surface area contributed by atoms with Crippen molar-refractivity contribution in [2.45, 2.75) is 19.5 Å². The molecule has 9 heteroatoms. The zero-order chi connectivity index (χ0) is 21.5. The van der Waals surface area contributed by atoms with Gasteiger partial charge in [0.15, 0.2) is 16.8 Å². The third-order valence-corrected chi connectivity index (χ3v) is 7.41. The smallest absolute Gasteiger partial charge is 0.254 e. The van der Waals surface area contributed by atoms with E-state index in [9.17, 15) is 4.79 Å². The molecule has 0 bridgehead atoms. The van der Waals surface area contributed by atoms with E-state index in [1.807, 2.05) is 66.5 Å². The van der Waals surface area contributed by atoms with Crippen molar-refractivity contribution in [1.82, 2.24) is 24.6 Å². The van der Waals surface area contributed by atoms with Crippen LogP contribution in [0.25, 0.3) is 22.0 Å². The number of hydrogen-bond acceptors (Lipinski definition) is 7. The molecule has 4 heterocycles. The number of nitrogens with zero attached hydrogens (tertiary/aromatic N) is 6. The van der Waals surface area contributed by atoms with E-state index >= 15 is 0 Å². The van der Waals surface area contributed by atoms with Gasteiger partial charge in [0.25, 0.3) is 5.91 Å². The van der Waals surface area contributed by atoms with Crippen LogP contribution in [0.1, 0.15) is 29.1 Å². The molecule has 1 atom stereocenters. The van der Waals surface area contributed by atoms with E-state index in [-0.39, 0.29) is 11.9 Å². The maximum absolute atomic E-state index is 13.2. The van der Waals surface area contributed by atoms with Gasteiger partial charge in [0, 0.05) is 43.0 Å². The fourth-order valence-electron chi connectivity index (χ4n) is 3.81. The van der Waals surface area contributed by atoms with E-state index in [1.54, 1.807) is 22.7 Å². The molecule has 158 valence electrons. The summed E-state index contributed by atoms with van der Waals surface area (Å²) in [5, 5.41) is 13.8. The van der Waals surface area contributed by atoms with E-state index in [0.717, 1.165) is 28.0 Å². The van der Waals surface area contributed by atoms with Gasteiger partial charge in [-0.25, -0.2) is 4.98 Å². The van der Waals surface area contributed by atoms with Gasteiger partial charge in [-0.1, -0.05) is 18.2 Å². The van der Waals surface area contributed by atoms with Crippen LogP contribution in [0.3, 0.4) is 0 Å². The van der Waals surface area contributed by atoms with Gasteiger partial charge in [-0.3, -0.25) is 4.79 Å². The molecule has 0 aliphatic carbocycles. The Kier molecular flexibility index (Phi) is 5.07. The highest BCUT2D eigenvalue weighted by molar-refractivity contribution is 7.14. The van der Waals surface area contributed by atoms with Crippen LogP contribution in [0.4, 0.5) is 5.13 Å². The summed E-state index contributed by atoms with van der Waals surface area (Å²) in [6, 6.07) is 11.8. The summed E-state index contributed by atoms with van der Waals surface area (Å²) in [5.74, 6) is 1.58. The van der Waals surface area contributed by atoms with Crippen LogP contribution < -0.4 is 4.90 Å². The van der Waals surface area contributed by atoms with Crippen molar-refractivity contribution in [3.8, 4) is 22.0 Å². The van der Waals surface area contributed by atoms with Gasteiger partial charge >= 0.3 is 0 Å². The molecule has 0 radical (unpaired) electrons. The zero-order valence-corrected chi connectivity index (χ0v) is 19.2. The molecule has 0 fully saturated rings. The third kappa shape index (κ3) is 3.53. The molecule has 1 aliphatic rings. The topological polar surface area (TPSA) is 67.2 Å². The van der Waals surface area contributed by atoms with Crippen molar-refractivity contribution in [3.05, 3.63) is 58.5 Å². The van der Waals surface area contributed by atoms with E-state index < -0.39 is 0 Å².